The van der Waals surface area contributed by atoms with Crippen LogP contribution < -0.4 is 5.32 Å². The maximum absolute atomic E-state index is 11.7. The quantitative estimate of drug-likeness (QED) is 0.829. The van der Waals surface area contributed by atoms with Crippen LogP contribution in [0.2, 0.25) is 0 Å². The van der Waals surface area contributed by atoms with Crippen LogP contribution in [0.15, 0.2) is 60.7 Å². The Balaban J connectivity index is 1.81. The molecule has 4 heteroatoms. The molecule has 0 aliphatic heterocycles. The third kappa shape index (κ3) is 5.10. The third-order valence-electron chi connectivity index (χ3n) is 2.97. The largest absolute Gasteiger partial charge is 0.438 e. The molecule has 0 radical (unpaired) electrons. The van der Waals surface area contributed by atoms with E-state index in [2.05, 4.69) is 5.32 Å². The Morgan fingerprint density at radius 3 is 2.14 bits per heavy atom. The van der Waals surface area contributed by atoms with E-state index in [1.807, 2.05) is 60.7 Å². The van der Waals surface area contributed by atoms with Gasteiger partial charge in [0.1, 0.15) is 0 Å². The number of nitrogens with one attached hydrogen (secondary N) is 1. The summed E-state index contributed by atoms with van der Waals surface area (Å²) >= 11 is 0. The lowest BCUT2D eigenvalue weighted by Crippen LogP contribution is -2.30. The number of alkyl carbamates (subject to hydrolysis) is 1. The van der Waals surface area contributed by atoms with E-state index >= 15 is 0 Å². The second-order valence-corrected chi connectivity index (χ2v) is 4.61. The normalized spacial score (nSPS) is 11.4. The van der Waals surface area contributed by atoms with Gasteiger partial charge >= 0.3 is 6.09 Å². The molecule has 0 fully saturated rings. The third-order valence-corrected chi connectivity index (χ3v) is 2.97. The molecule has 1 atom stereocenters. The molecule has 0 spiro atoms. The van der Waals surface area contributed by atoms with Crippen molar-refractivity contribution in [3.63, 3.8) is 0 Å². The van der Waals surface area contributed by atoms with Gasteiger partial charge in [-0.25, -0.2) is 4.79 Å². The molecular formula is C17H17NO3. The zero-order chi connectivity index (χ0) is 14.9. The van der Waals surface area contributed by atoms with E-state index in [1.54, 1.807) is 0 Å². The fraction of sp³-hybridized carbons (Fsp3) is 0.176. The van der Waals surface area contributed by atoms with Gasteiger partial charge in [0.25, 0.3) is 0 Å². The van der Waals surface area contributed by atoms with Crippen molar-refractivity contribution in [1.82, 2.24) is 5.32 Å². The maximum atomic E-state index is 11.7. The lowest BCUT2D eigenvalue weighted by molar-refractivity contribution is -0.115. The Labute approximate surface area is 123 Å². The molecule has 1 N–H and O–H groups in total. The van der Waals surface area contributed by atoms with Crippen molar-refractivity contribution in [1.29, 1.82) is 0 Å². The summed E-state index contributed by atoms with van der Waals surface area (Å²) in [6.07, 6.45) is -0.340. The summed E-state index contributed by atoms with van der Waals surface area (Å²) in [6, 6.07) is 18.9. The first-order chi connectivity index (χ1) is 10.3. The van der Waals surface area contributed by atoms with Crippen molar-refractivity contribution in [3.05, 3.63) is 71.8 Å². The number of hydrogen-bond acceptors (Lipinski definition) is 3. The molecule has 2 rings (SSSR count). The van der Waals surface area contributed by atoms with Gasteiger partial charge in [0.2, 0.25) is 0 Å². The molecule has 108 valence electrons. The van der Waals surface area contributed by atoms with Gasteiger partial charge in [-0.05, 0) is 11.1 Å². The van der Waals surface area contributed by atoms with Crippen molar-refractivity contribution >= 4 is 12.4 Å². The number of rotatable bonds is 6. The molecule has 4 nitrogen and oxygen atoms in total. The number of amides is 1. The van der Waals surface area contributed by atoms with E-state index in [1.165, 1.54) is 0 Å². The molecule has 0 bridgehead atoms. The first-order valence-corrected chi connectivity index (χ1v) is 6.75. The predicted octanol–water partition coefficient (Wildman–Crippen LogP) is 2.72. The van der Waals surface area contributed by atoms with Crippen LogP contribution in [0.5, 0.6) is 0 Å². The van der Waals surface area contributed by atoms with Gasteiger partial charge in [0.05, 0.1) is 0 Å². The monoisotopic (exact) mass is 283 g/mol. The topological polar surface area (TPSA) is 55.4 Å². The van der Waals surface area contributed by atoms with E-state index in [9.17, 15) is 9.59 Å². The van der Waals surface area contributed by atoms with Crippen LogP contribution in [0.25, 0.3) is 0 Å². The Bertz CT molecular complexity index is 569. The first-order valence-electron chi connectivity index (χ1n) is 6.75. The number of carbonyl (C=O) groups excluding carboxylic acids is 2. The molecule has 21 heavy (non-hydrogen) atoms. The fourth-order valence-electron chi connectivity index (χ4n) is 1.91. The van der Waals surface area contributed by atoms with Crippen molar-refractivity contribution in [2.45, 2.75) is 19.1 Å². The van der Waals surface area contributed by atoms with Crippen molar-refractivity contribution < 1.29 is 14.3 Å². The van der Waals surface area contributed by atoms with E-state index in [-0.39, 0.29) is 0 Å². The van der Waals surface area contributed by atoms with Gasteiger partial charge in [-0.3, -0.25) is 4.79 Å². The van der Waals surface area contributed by atoms with Crippen LogP contribution in [0.3, 0.4) is 0 Å². The standard InChI is InChI=1S/C17H17NO3/c19-13-16(11-14-7-3-1-4-8-14)21-17(20)18-12-15-9-5-2-6-10-15/h1-10,13,16H,11-12H2,(H,18,20). The lowest BCUT2D eigenvalue weighted by Gasteiger charge is -2.13. The first kappa shape index (κ1) is 14.8. The van der Waals surface area contributed by atoms with Crippen LogP contribution in [0, 0.1) is 0 Å². The molecule has 1 amide bonds. The summed E-state index contributed by atoms with van der Waals surface area (Å²) in [5, 5.41) is 2.63. The molecular weight excluding hydrogens is 266 g/mol. The van der Waals surface area contributed by atoms with Crippen LogP contribution in [0.4, 0.5) is 4.79 Å². The minimum Gasteiger partial charge on any atom is -0.438 e. The van der Waals surface area contributed by atoms with Gasteiger partial charge in [0, 0.05) is 13.0 Å². The molecule has 0 aromatic heterocycles. The zero-order valence-corrected chi connectivity index (χ0v) is 11.6. The number of aldehydes is 1. The van der Waals surface area contributed by atoms with Gasteiger partial charge in [-0.1, -0.05) is 60.7 Å². The van der Waals surface area contributed by atoms with Gasteiger partial charge in [0.15, 0.2) is 12.4 Å². The summed E-state index contributed by atoms with van der Waals surface area (Å²) in [5.74, 6) is 0. The van der Waals surface area contributed by atoms with Gasteiger partial charge in [-0.2, -0.15) is 0 Å². The van der Waals surface area contributed by atoms with Crippen molar-refractivity contribution in [3.8, 4) is 0 Å². The van der Waals surface area contributed by atoms with Gasteiger partial charge in [-0.15, -0.1) is 0 Å². The Morgan fingerprint density at radius 1 is 1.00 bits per heavy atom. The molecule has 0 aliphatic rings. The fourth-order valence-corrected chi connectivity index (χ4v) is 1.91. The second-order valence-electron chi connectivity index (χ2n) is 4.61. The summed E-state index contributed by atoms with van der Waals surface area (Å²) in [7, 11) is 0. The highest BCUT2D eigenvalue weighted by Crippen LogP contribution is 2.05. The number of benzene rings is 2. The molecule has 0 saturated heterocycles. The van der Waals surface area contributed by atoms with Gasteiger partial charge < -0.3 is 10.1 Å². The molecule has 1 unspecified atom stereocenters. The van der Waals surface area contributed by atoms with Crippen LogP contribution in [-0.4, -0.2) is 18.5 Å². The number of carbonyl (C=O) groups is 2. The lowest BCUT2D eigenvalue weighted by atomic mass is 10.1. The van der Waals surface area contributed by atoms with Crippen LogP contribution >= 0.6 is 0 Å². The van der Waals surface area contributed by atoms with Crippen LogP contribution in [-0.2, 0) is 22.5 Å². The van der Waals surface area contributed by atoms with E-state index < -0.39 is 12.2 Å². The molecule has 0 aliphatic carbocycles. The average molecular weight is 283 g/mol. The van der Waals surface area contributed by atoms with E-state index in [0.717, 1.165) is 11.1 Å². The SMILES string of the molecule is O=CC(Cc1ccccc1)OC(=O)NCc1ccccc1. The molecule has 0 heterocycles. The number of ether oxygens (including phenoxy) is 1. The second kappa shape index (κ2) is 7.85. The minimum absolute atomic E-state index is 0.372. The minimum atomic E-state index is -0.775. The molecule has 0 saturated carbocycles. The maximum Gasteiger partial charge on any atom is 0.408 e. The predicted molar refractivity (Wildman–Crippen MR) is 79.8 cm³/mol. The Kier molecular flexibility index (Phi) is 5.52. The average Bonchev–Trinajstić information content (AvgIpc) is 2.54. The van der Waals surface area contributed by atoms with Crippen molar-refractivity contribution in [2.75, 3.05) is 0 Å². The summed E-state index contributed by atoms with van der Waals surface area (Å²) in [6.45, 7) is 0.372. The summed E-state index contributed by atoms with van der Waals surface area (Å²) < 4.78 is 5.11. The molecule has 2 aromatic rings. The summed E-state index contributed by atoms with van der Waals surface area (Å²) in [4.78, 5) is 22.7. The Morgan fingerprint density at radius 2 is 1.57 bits per heavy atom. The highest BCUT2D eigenvalue weighted by atomic mass is 16.6. The summed E-state index contributed by atoms with van der Waals surface area (Å²) in [5.41, 5.74) is 1.92. The number of hydrogen-bond donors (Lipinski definition) is 1. The molecule has 2 aromatic carbocycles. The zero-order valence-electron chi connectivity index (χ0n) is 11.6. The van der Waals surface area contributed by atoms with E-state index in [0.29, 0.717) is 19.3 Å². The Hall–Kier alpha value is -2.62. The smallest absolute Gasteiger partial charge is 0.408 e. The van der Waals surface area contributed by atoms with E-state index in [4.69, 9.17) is 4.74 Å². The van der Waals surface area contributed by atoms with Crippen molar-refractivity contribution in [2.24, 2.45) is 0 Å². The highest BCUT2D eigenvalue weighted by molar-refractivity contribution is 5.71. The highest BCUT2D eigenvalue weighted by Gasteiger charge is 2.13. The van der Waals surface area contributed by atoms with Crippen LogP contribution in [0.1, 0.15) is 11.1 Å².